The minimum Gasteiger partial charge on any atom is -0.309 e. The van der Waals surface area contributed by atoms with Crippen LogP contribution in [0.4, 0.5) is 0 Å². The zero-order valence-corrected chi connectivity index (χ0v) is 16.3. The smallest absolute Gasteiger partial charge is 0.158 e. The van der Waals surface area contributed by atoms with E-state index in [0.29, 0.717) is 35.9 Å². The van der Waals surface area contributed by atoms with Crippen molar-refractivity contribution in [1.82, 2.24) is 4.90 Å². The summed E-state index contributed by atoms with van der Waals surface area (Å²) in [6.07, 6.45) is 2.77. The van der Waals surface area contributed by atoms with Crippen molar-refractivity contribution in [2.45, 2.75) is 31.1 Å². The molecule has 0 saturated heterocycles. The van der Waals surface area contributed by atoms with Gasteiger partial charge in [-0.15, -0.1) is 0 Å². The van der Waals surface area contributed by atoms with Crippen molar-refractivity contribution in [3.05, 3.63) is 33.8 Å². The normalized spacial score (nSPS) is 16.9. The Kier molecular flexibility index (Phi) is 6.35. The number of carbonyl (C=O) groups is 1. The first-order chi connectivity index (χ1) is 11.2. The molecule has 0 aromatic heterocycles. The Hall–Kier alpha value is -0.620. The van der Waals surface area contributed by atoms with Crippen molar-refractivity contribution in [2.24, 2.45) is 0 Å². The van der Waals surface area contributed by atoms with E-state index in [9.17, 15) is 13.2 Å². The van der Waals surface area contributed by atoms with Crippen molar-refractivity contribution in [3.63, 3.8) is 0 Å². The minimum atomic E-state index is -3.40. The first-order valence-electron chi connectivity index (χ1n) is 8.00. The number of rotatable bonds is 8. The van der Waals surface area contributed by atoms with Crippen molar-refractivity contribution in [2.75, 3.05) is 32.1 Å². The highest BCUT2D eigenvalue weighted by atomic mass is 35.5. The van der Waals surface area contributed by atoms with Gasteiger partial charge in [0.15, 0.2) is 15.6 Å². The number of hydrogen-bond donors (Lipinski definition) is 0. The molecule has 0 N–H and O–H groups in total. The second-order valence-corrected chi connectivity index (χ2v) is 9.74. The molecule has 24 heavy (non-hydrogen) atoms. The third-order valence-electron chi connectivity index (χ3n) is 4.62. The van der Waals surface area contributed by atoms with Crippen LogP contribution in [-0.4, -0.2) is 51.2 Å². The maximum absolute atomic E-state index is 12.8. The second-order valence-electron chi connectivity index (χ2n) is 6.74. The van der Waals surface area contributed by atoms with Gasteiger partial charge in [-0.2, -0.15) is 0 Å². The van der Waals surface area contributed by atoms with Crippen LogP contribution < -0.4 is 0 Å². The van der Waals surface area contributed by atoms with Gasteiger partial charge in [-0.1, -0.05) is 35.7 Å². The average Bonchev–Trinajstić information content (AvgIpc) is 2.40. The Labute approximate surface area is 154 Å². The number of sulfone groups is 1. The van der Waals surface area contributed by atoms with Gasteiger partial charge in [0.2, 0.25) is 0 Å². The summed E-state index contributed by atoms with van der Waals surface area (Å²) in [4.78, 5) is 14.7. The molecule has 1 fully saturated rings. The number of nitrogens with zero attached hydrogens (tertiary/aromatic N) is 1. The third kappa shape index (κ3) is 4.51. The molecule has 0 atom stereocenters. The van der Waals surface area contributed by atoms with Crippen LogP contribution in [-0.2, 0) is 20.0 Å². The molecule has 0 spiro atoms. The molecular formula is C17H23Cl2NO3S. The van der Waals surface area contributed by atoms with Crippen molar-refractivity contribution >= 4 is 38.8 Å². The highest BCUT2D eigenvalue weighted by Gasteiger charge is 2.46. The number of carbonyl (C=O) groups excluding carboxylic acids is 1. The van der Waals surface area contributed by atoms with Gasteiger partial charge >= 0.3 is 0 Å². The summed E-state index contributed by atoms with van der Waals surface area (Å²) in [6, 6.07) is 5.14. The maximum atomic E-state index is 12.8. The van der Waals surface area contributed by atoms with E-state index in [-0.39, 0.29) is 11.5 Å². The molecule has 1 aliphatic rings. The SMILES string of the molecule is CN(C)CCCS(=O)(=O)CC(=O)C1(c2ccc(Cl)c(Cl)c2)CCC1. The van der Waals surface area contributed by atoms with E-state index in [1.54, 1.807) is 18.2 Å². The molecule has 0 amide bonds. The van der Waals surface area contributed by atoms with E-state index in [0.717, 1.165) is 12.0 Å². The molecule has 1 aliphatic carbocycles. The first kappa shape index (κ1) is 19.7. The lowest BCUT2D eigenvalue weighted by atomic mass is 9.62. The van der Waals surface area contributed by atoms with Gasteiger partial charge in [0.05, 0.1) is 21.2 Å². The van der Waals surface area contributed by atoms with Crippen LogP contribution in [0.25, 0.3) is 0 Å². The summed E-state index contributed by atoms with van der Waals surface area (Å²) in [6.45, 7) is 0.686. The van der Waals surface area contributed by atoms with Crippen LogP contribution in [0.15, 0.2) is 18.2 Å². The van der Waals surface area contributed by atoms with Crippen LogP contribution in [0.2, 0.25) is 10.0 Å². The number of halogens is 2. The fourth-order valence-electron chi connectivity index (χ4n) is 3.06. The highest BCUT2D eigenvalue weighted by molar-refractivity contribution is 7.92. The number of hydrogen-bond acceptors (Lipinski definition) is 4. The molecule has 1 aromatic carbocycles. The van der Waals surface area contributed by atoms with Crippen molar-refractivity contribution in [3.8, 4) is 0 Å². The largest absolute Gasteiger partial charge is 0.309 e. The molecule has 2 rings (SSSR count). The molecule has 0 radical (unpaired) electrons. The topological polar surface area (TPSA) is 54.5 Å². The number of Topliss-reactive ketones (excluding diaryl/α,β-unsaturated/α-hetero) is 1. The summed E-state index contributed by atoms with van der Waals surface area (Å²) in [5.74, 6) is -0.591. The molecule has 4 nitrogen and oxygen atoms in total. The molecule has 0 heterocycles. The Bertz CT molecular complexity index is 713. The Morgan fingerprint density at radius 1 is 1.21 bits per heavy atom. The summed E-state index contributed by atoms with van der Waals surface area (Å²) in [7, 11) is 0.391. The van der Waals surface area contributed by atoms with Crippen molar-refractivity contribution < 1.29 is 13.2 Å². The van der Waals surface area contributed by atoms with E-state index >= 15 is 0 Å². The van der Waals surface area contributed by atoms with Gasteiger partial charge < -0.3 is 4.90 Å². The summed E-state index contributed by atoms with van der Waals surface area (Å²) < 4.78 is 24.5. The van der Waals surface area contributed by atoms with E-state index in [2.05, 4.69) is 0 Å². The molecule has 1 saturated carbocycles. The van der Waals surface area contributed by atoms with E-state index in [1.807, 2.05) is 19.0 Å². The fourth-order valence-corrected chi connectivity index (χ4v) is 4.75. The molecule has 0 aliphatic heterocycles. The molecule has 7 heteroatoms. The molecule has 0 bridgehead atoms. The van der Waals surface area contributed by atoms with Crippen LogP contribution in [0.5, 0.6) is 0 Å². The zero-order valence-electron chi connectivity index (χ0n) is 14.0. The Morgan fingerprint density at radius 2 is 1.88 bits per heavy atom. The second kappa shape index (κ2) is 7.73. The molecule has 1 aromatic rings. The van der Waals surface area contributed by atoms with Gasteiger partial charge in [0.1, 0.15) is 5.75 Å². The highest BCUT2D eigenvalue weighted by Crippen LogP contribution is 2.46. The van der Waals surface area contributed by atoms with Gasteiger partial charge in [0, 0.05) is 0 Å². The fraction of sp³-hybridized carbons (Fsp3) is 0.588. The quantitative estimate of drug-likeness (QED) is 0.681. The number of benzene rings is 1. The minimum absolute atomic E-state index is 0.0361. The van der Waals surface area contributed by atoms with Crippen molar-refractivity contribution in [1.29, 1.82) is 0 Å². The van der Waals surface area contributed by atoms with Gasteiger partial charge in [-0.05, 0) is 57.6 Å². The summed E-state index contributed by atoms with van der Waals surface area (Å²) >= 11 is 12.0. The van der Waals surface area contributed by atoms with E-state index in [4.69, 9.17) is 23.2 Å². The summed E-state index contributed by atoms with van der Waals surface area (Å²) in [5.41, 5.74) is 0.0553. The summed E-state index contributed by atoms with van der Waals surface area (Å²) in [5, 5.41) is 0.820. The predicted octanol–water partition coefficient (Wildman–Crippen LogP) is 3.35. The van der Waals surface area contributed by atoms with Crippen LogP contribution >= 0.6 is 23.2 Å². The molecular weight excluding hydrogens is 369 g/mol. The molecule has 134 valence electrons. The lowest BCUT2D eigenvalue weighted by Gasteiger charge is -2.41. The molecule has 0 unspecified atom stereocenters. The van der Waals surface area contributed by atoms with Gasteiger partial charge in [-0.25, -0.2) is 8.42 Å². The van der Waals surface area contributed by atoms with E-state index < -0.39 is 21.0 Å². The maximum Gasteiger partial charge on any atom is 0.158 e. The zero-order chi connectivity index (χ0) is 18.0. The predicted molar refractivity (Wildman–Crippen MR) is 98.8 cm³/mol. The lowest BCUT2D eigenvalue weighted by molar-refractivity contribution is -0.125. The lowest BCUT2D eigenvalue weighted by Crippen LogP contribution is -2.45. The monoisotopic (exact) mass is 391 g/mol. The first-order valence-corrected chi connectivity index (χ1v) is 10.6. The van der Waals surface area contributed by atoms with Gasteiger partial charge in [-0.3, -0.25) is 4.79 Å². The Morgan fingerprint density at radius 3 is 2.38 bits per heavy atom. The van der Waals surface area contributed by atoms with Gasteiger partial charge in [0.25, 0.3) is 0 Å². The standard InChI is InChI=1S/C17H23Cl2NO3S/c1-20(2)9-4-10-24(22,23)12-16(21)17(7-3-8-17)13-5-6-14(18)15(19)11-13/h5-6,11H,3-4,7-10,12H2,1-2H3. The Balaban J connectivity index is 2.12. The number of ketones is 1. The van der Waals surface area contributed by atoms with E-state index in [1.165, 1.54) is 0 Å². The van der Waals surface area contributed by atoms with Crippen LogP contribution in [0, 0.1) is 0 Å². The van der Waals surface area contributed by atoms with Crippen LogP contribution in [0.1, 0.15) is 31.2 Å². The average molecular weight is 392 g/mol. The van der Waals surface area contributed by atoms with Crippen LogP contribution in [0.3, 0.4) is 0 Å². The third-order valence-corrected chi connectivity index (χ3v) is 6.98.